The monoisotopic (exact) mass is 703 g/mol. The van der Waals surface area contributed by atoms with Crippen LogP contribution in [0, 0.1) is 23.6 Å². The van der Waals surface area contributed by atoms with Gasteiger partial charge in [0.25, 0.3) is 0 Å². The molecule has 2 amide bonds. The SMILES string of the molecule is CCOc1ccc(-c2ccc(CC(=O)N[C@H](CC3CCCC([C@@H](C)NC(=O)Cc4ccc(-c5cccc(F)c5)cc4)C3)C3CCCCC3)cn2)cc1. The quantitative estimate of drug-likeness (QED) is 0.137. The van der Waals surface area contributed by atoms with Gasteiger partial charge in [-0.25, -0.2) is 4.39 Å². The number of pyridine rings is 1. The van der Waals surface area contributed by atoms with Gasteiger partial charge in [0.2, 0.25) is 11.8 Å². The minimum atomic E-state index is -0.259. The van der Waals surface area contributed by atoms with Crippen molar-refractivity contribution in [3.63, 3.8) is 0 Å². The van der Waals surface area contributed by atoms with Crippen LogP contribution in [0.1, 0.15) is 89.2 Å². The van der Waals surface area contributed by atoms with E-state index in [2.05, 4.69) is 22.5 Å². The summed E-state index contributed by atoms with van der Waals surface area (Å²) in [6.45, 7) is 4.75. The number of rotatable bonds is 14. The van der Waals surface area contributed by atoms with Crippen LogP contribution in [0.25, 0.3) is 22.4 Å². The van der Waals surface area contributed by atoms with Gasteiger partial charge in [-0.05, 0) is 128 Å². The van der Waals surface area contributed by atoms with Crippen molar-refractivity contribution in [2.75, 3.05) is 6.61 Å². The third-order valence-electron chi connectivity index (χ3n) is 11.2. The first-order chi connectivity index (χ1) is 25.3. The van der Waals surface area contributed by atoms with E-state index in [-0.39, 0.29) is 29.7 Å². The molecule has 2 aliphatic carbocycles. The largest absolute Gasteiger partial charge is 0.494 e. The van der Waals surface area contributed by atoms with Gasteiger partial charge in [-0.1, -0.05) is 74.6 Å². The summed E-state index contributed by atoms with van der Waals surface area (Å²) in [6.07, 6.45) is 14.1. The third kappa shape index (κ3) is 10.5. The molecule has 52 heavy (non-hydrogen) atoms. The Morgan fingerprint density at radius 1 is 0.769 bits per heavy atom. The lowest BCUT2D eigenvalue weighted by Gasteiger charge is -2.38. The second-order valence-electron chi connectivity index (χ2n) is 15.0. The van der Waals surface area contributed by atoms with Gasteiger partial charge in [-0.15, -0.1) is 0 Å². The number of hydrogen-bond donors (Lipinski definition) is 2. The molecule has 3 aromatic carbocycles. The number of halogens is 1. The van der Waals surface area contributed by atoms with Crippen molar-refractivity contribution in [3.05, 3.63) is 108 Å². The van der Waals surface area contributed by atoms with Crippen molar-refractivity contribution in [3.8, 4) is 28.1 Å². The standard InChI is InChI=1S/C45H54FN3O3/c1-3-52-41-22-20-37(21-23-41)42-24-17-34(30-47-42)28-45(51)49-43(36-10-5-4-6-11-36)26-33-9-7-12-38(25-33)31(2)48-44(50)27-32-15-18-35(19-16-32)39-13-8-14-40(46)29-39/h8,13-24,29-31,33,36,38,43H,3-7,9-12,25-28H2,1-2H3,(H,48,50)(H,49,51)/t31-,33?,38?,43-/m1/s1. The smallest absolute Gasteiger partial charge is 0.224 e. The Bertz CT molecular complexity index is 1740. The van der Waals surface area contributed by atoms with Crippen molar-refractivity contribution < 1.29 is 18.7 Å². The van der Waals surface area contributed by atoms with E-state index in [4.69, 9.17) is 4.74 Å². The van der Waals surface area contributed by atoms with Gasteiger partial charge in [0.1, 0.15) is 11.6 Å². The van der Waals surface area contributed by atoms with Gasteiger partial charge < -0.3 is 15.4 Å². The fraction of sp³-hybridized carbons (Fsp3) is 0.444. The number of carbonyl (C=O) groups excluding carboxylic acids is 2. The molecule has 1 heterocycles. The summed E-state index contributed by atoms with van der Waals surface area (Å²) in [7, 11) is 0. The molecule has 4 atom stereocenters. The highest BCUT2D eigenvalue weighted by Gasteiger charge is 2.32. The fourth-order valence-electron chi connectivity index (χ4n) is 8.39. The van der Waals surface area contributed by atoms with Crippen LogP contribution < -0.4 is 15.4 Å². The molecule has 2 fully saturated rings. The van der Waals surface area contributed by atoms with Crippen molar-refractivity contribution >= 4 is 11.8 Å². The average molecular weight is 704 g/mol. The van der Waals surface area contributed by atoms with Crippen LogP contribution in [0.15, 0.2) is 91.1 Å². The molecule has 274 valence electrons. The number of nitrogens with one attached hydrogen (secondary N) is 2. The average Bonchev–Trinajstić information content (AvgIpc) is 3.16. The summed E-state index contributed by atoms with van der Waals surface area (Å²) in [5, 5.41) is 6.80. The first-order valence-electron chi connectivity index (χ1n) is 19.4. The van der Waals surface area contributed by atoms with Gasteiger partial charge in [0, 0.05) is 23.8 Å². The van der Waals surface area contributed by atoms with E-state index >= 15 is 0 Å². The molecule has 2 aliphatic rings. The fourth-order valence-corrected chi connectivity index (χ4v) is 8.39. The van der Waals surface area contributed by atoms with E-state index in [0.29, 0.717) is 37.2 Å². The first-order valence-corrected chi connectivity index (χ1v) is 19.4. The molecule has 4 aromatic rings. The molecule has 2 unspecified atom stereocenters. The molecule has 2 saturated carbocycles. The Morgan fingerprint density at radius 3 is 2.17 bits per heavy atom. The van der Waals surface area contributed by atoms with Crippen LogP contribution >= 0.6 is 0 Å². The molecule has 0 radical (unpaired) electrons. The maximum Gasteiger partial charge on any atom is 0.224 e. The van der Waals surface area contributed by atoms with E-state index in [9.17, 15) is 14.0 Å². The van der Waals surface area contributed by atoms with Crippen LogP contribution in [0.3, 0.4) is 0 Å². The predicted octanol–water partition coefficient (Wildman–Crippen LogP) is 9.50. The summed E-state index contributed by atoms with van der Waals surface area (Å²) in [5.74, 6) is 2.14. The Hall–Kier alpha value is -4.52. The molecular weight excluding hydrogens is 650 g/mol. The molecule has 0 saturated heterocycles. The van der Waals surface area contributed by atoms with Crippen LogP contribution in [0.2, 0.25) is 0 Å². The van der Waals surface area contributed by atoms with Crippen LogP contribution in [0.4, 0.5) is 4.39 Å². The third-order valence-corrected chi connectivity index (χ3v) is 11.2. The molecular formula is C45H54FN3O3. The van der Waals surface area contributed by atoms with E-state index in [1.807, 2.05) is 79.9 Å². The lowest BCUT2D eigenvalue weighted by Crippen LogP contribution is -2.44. The molecule has 0 aliphatic heterocycles. The van der Waals surface area contributed by atoms with E-state index in [0.717, 1.165) is 64.9 Å². The molecule has 1 aromatic heterocycles. The van der Waals surface area contributed by atoms with Crippen molar-refractivity contribution in [2.45, 2.75) is 103 Å². The minimum absolute atomic E-state index is 0.0301. The van der Waals surface area contributed by atoms with E-state index in [1.54, 1.807) is 6.07 Å². The zero-order valence-corrected chi connectivity index (χ0v) is 30.8. The zero-order chi connectivity index (χ0) is 36.3. The molecule has 0 bridgehead atoms. The van der Waals surface area contributed by atoms with Crippen LogP contribution in [-0.4, -0.2) is 35.5 Å². The Morgan fingerprint density at radius 2 is 1.46 bits per heavy atom. The van der Waals surface area contributed by atoms with E-state index in [1.165, 1.54) is 50.7 Å². The van der Waals surface area contributed by atoms with E-state index < -0.39 is 0 Å². The summed E-state index contributed by atoms with van der Waals surface area (Å²) in [5.41, 5.74) is 5.51. The Kier molecular flexibility index (Phi) is 13.1. The molecule has 6 rings (SSSR count). The maximum atomic E-state index is 13.7. The van der Waals surface area contributed by atoms with Crippen molar-refractivity contribution in [1.82, 2.24) is 15.6 Å². The predicted molar refractivity (Wildman–Crippen MR) is 206 cm³/mol. The van der Waals surface area contributed by atoms with Gasteiger partial charge in [-0.3, -0.25) is 14.6 Å². The van der Waals surface area contributed by atoms with Gasteiger partial charge in [0.15, 0.2) is 0 Å². The second kappa shape index (κ2) is 18.3. The highest BCUT2D eigenvalue weighted by atomic mass is 19.1. The normalized spacial score (nSPS) is 19.0. The van der Waals surface area contributed by atoms with Gasteiger partial charge in [-0.2, -0.15) is 0 Å². The lowest BCUT2D eigenvalue weighted by atomic mass is 9.73. The maximum absolute atomic E-state index is 13.7. The zero-order valence-electron chi connectivity index (χ0n) is 30.8. The number of ether oxygens (including phenoxy) is 1. The molecule has 7 heteroatoms. The van der Waals surface area contributed by atoms with Crippen molar-refractivity contribution in [2.24, 2.45) is 17.8 Å². The lowest BCUT2D eigenvalue weighted by molar-refractivity contribution is -0.122. The Balaban J connectivity index is 1.01. The molecule has 0 spiro atoms. The molecule has 6 nitrogen and oxygen atoms in total. The number of aromatic nitrogens is 1. The summed E-state index contributed by atoms with van der Waals surface area (Å²) < 4.78 is 19.2. The number of amides is 2. The number of benzene rings is 3. The van der Waals surface area contributed by atoms with Crippen LogP contribution in [-0.2, 0) is 22.4 Å². The minimum Gasteiger partial charge on any atom is -0.494 e. The van der Waals surface area contributed by atoms with Crippen LogP contribution in [0.5, 0.6) is 5.75 Å². The highest BCUT2D eigenvalue weighted by Crippen LogP contribution is 2.37. The summed E-state index contributed by atoms with van der Waals surface area (Å²) in [6, 6.07) is 26.6. The number of carbonyl (C=O) groups is 2. The topological polar surface area (TPSA) is 80.3 Å². The van der Waals surface area contributed by atoms with Crippen molar-refractivity contribution in [1.29, 1.82) is 0 Å². The second-order valence-corrected chi connectivity index (χ2v) is 15.0. The first kappa shape index (κ1) is 37.2. The Labute approximate surface area is 309 Å². The number of nitrogens with zero attached hydrogens (tertiary/aromatic N) is 1. The van der Waals surface area contributed by atoms with Gasteiger partial charge in [0.05, 0.1) is 25.1 Å². The highest BCUT2D eigenvalue weighted by molar-refractivity contribution is 5.79. The molecule has 2 N–H and O–H groups in total. The van der Waals surface area contributed by atoms with Gasteiger partial charge >= 0.3 is 0 Å². The summed E-state index contributed by atoms with van der Waals surface area (Å²) in [4.78, 5) is 31.3. The number of hydrogen-bond acceptors (Lipinski definition) is 4. The summed E-state index contributed by atoms with van der Waals surface area (Å²) >= 11 is 0.